The molecule has 3 heteroatoms. The molecule has 0 bridgehead atoms. The Morgan fingerprint density at radius 2 is 2.19 bits per heavy atom. The summed E-state index contributed by atoms with van der Waals surface area (Å²) in [5.41, 5.74) is 0. The first-order valence-electron chi connectivity index (χ1n) is 6.75. The van der Waals surface area contributed by atoms with Gasteiger partial charge in [0.2, 0.25) is 0 Å². The summed E-state index contributed by atoms with van der Waals surface area (Å²) in [6, 6.07) is 2.12. The van der Waals surface area contributed by atoms with E-state index in [4.69, 9.17) is 4.74 Å². The fourth-order valence-electron chi connectivity index (χ4n) is 3.36. The van der Waals surface area contributed by atoms with E-state index in [1.807, 2.05) is 7.11 Å². The average Bonchev–Trinajstić information content (AvgIpc) is 2.72. The van der Waals surface area contributed by atoms with Gasteiger partial charge < -0.3 is 4.74 Å². The molecule has 3 unspecified atom stereocenters. The van der Waals surface area contributed by atoms with E-state index < -0.39 is 0 Å². The third-order valence-electron chi connectivity index (χ3n) is 4.28. The lowest BCUT2D eigenvalue weighted by Crippen LogP contribution is -2.58. The van der Waals surface area contributed by atoms with Gasteiger partial charge in [0, 0.05) is 38.3 Å². The average molecular weight is 226 g/mol. The number of ether oxygens (including phenoxy) is 1. The highest BCUT2D eigenvalue weighted by Gasteiger charge is 2.36. The van der Waals surface area contributed by atoms with Gasteiger partial charge in [-0.25, -0.2) is 0 Å². The van der Waals surface area contributed by atoms with Crippen molar-refractivity contribution in [2.45, 2.75) is 51.2 Å². The van der Waals surface area contributed by atoms with Crippen LogP contribution < -0.4 is 0 Å². The maximum Gasteiger partial charge on any atom is 0.0618 e. The quantitative estimate of drug-likeness (QED) is 0.724. The van der Waals surface area contributed by atoms with E-state index in [0.717, 1.165) is 12.6 Å². The summed E-state index contributed by atoms with van der Waals surface area (Å²) in [7, 11) is 1.82. The molecule has 3 atom stereocenters. The van der Waals surface area contributed by atoms with Crippen molar-refractivity contribution in [3.8, 4) is 0 Å². The Hall–Kier alpha value is -0.120. The van der Waals surface area contributed by atoms with Crippen molar-refractivity contribution in [2.75, 3.05) is 33.4 Å². The summed E-state index contributed by atoms with van der Waals surface area (Å²) >= 11 is 0. The molecule has 0 N–H and O–H groups in total. The first-order chi connectivity index (χ1) is 7.76. The number of piperazine rings is 1. The number of methoxy groups -OCH3 is 1. The van der Waals surface area contributed by atoms with E-state index in [2.05, 4.69) is 23.6 Å². The van der Waals surface area contributed by atoms with Crippen LogP contribution in [0.4, 0.5) is 0 Å². The van der Waals surface area contributed by atoms with Crippen LogP contribution in [0.1, 0.15) is 33.1 Å². The van der Waals surface area contributed by atoms with Gasteiger partial charge in [-0.2, -0.15) is 0 Å². The first-order valence-corrected chi connectivity index (χ1v) is 6.75. The maximum absolute atomic E-state index is 5.35. The molecule has 2 heterocycles. The van der Waals surface area contributed by atoms with Crippen molar-refractivity contribution in [2.24, 2.45) is 0 Å². The van der Waals surface area contributed by atoms with Gasteiger partial charge in [-0.15, -0.1) is 0 Å². The van der Waals surface area contributed by atoms with Crippen LogP contribution in [0.15, 0.2) is 0 Å². The van der Waals surface area contributed by atoms with Gasteiger partial charge in [0.15, 0.2) is 0 Å². The van der Waals surface area contributed by atoms with Crippen LogP contribution in [0, 0.1) is 0 Å². The molecule has 0 saturated carbocycles. The summed E-state index contributed by atoms with van der Waals surface area (Å²) in [6.45, 7) is 9.36. The third-order valence-corrected chi connectivity index (χ3v) is 4.28. The largest absolute Gasteiger partial charge is 0.383 e. The molecular weight excluding hydrogens is 200 g/mol. The van der Waals surface area contributed by atoms with Crippen molar-refractivity contribution in [1.82, 2.24) is 9.80 Å². The Labute approximate surface area is 99.7 Å². The van der Waals surface area contributed by atoms with Crippen LogP contribution in [0.2, 0.25) is 0 Å². The van der Waals surface area contributed by atoms with Crippen LogP contribution in [0.3, 0.4) is 0 Å². The minimum atomic E-state index is 0.614. The monoisotopic (exact) mass is 226 g/mol. The Morgan fingerprint density at radius 1 is 1.38 bits per heavy atom. The Morgan fingerprint density at radius 3 is 2.88 bits per heavy atom. The van der Waals surface area contributed by atoms with E-state index >= 15 is 0 Å². The molecule has 0 aromatic carbocycles. The first kappa shape index (κ1) is 12.3. The smallest absolute Gasteiger partial charge is 0.0618 e. The number of rotatable bonds is 4. The van der Waals surface area contributed by atoms with Crippen LogP contribution >= 0.6 is 0 Å². The topological polar surface area (TPSA) is 15.7 Å². The third kappa shape index (κ3) is 2.41. The molecule has 3 nitrogen and oxygen atoms in total. The zero-order valence-corrected chi connectivity index (χ0v) is 11.0. The molecule has 0 radical (unpaired) electrons. The van der Waals surface area contributed by atoms with Gasteiger partial charge in [-0.3, -0.25) is 9.80 Å². The van der Waals surface area contributed by atoms with Crippen LogP contribution in [0.5, 0.6) is 0 Å². The maximum atomic E-state index is 5.35. The molecule has 0 spiro atoms. The number of hydrogen-bond acceptors (Lipinski definition) is 3. The van der Waals surface area contributed by atoms with Gasteiger partial charge in [0.25, 0.3) is 0 Å². The van der Waals surface area contributed by atoms with Gasteiger partial charge in [-0.1, -0.05) is 6.92 Å². The Balaban J connectivity index is 1.97. The molecule has 16 heavy (non-hydrogen) atoms. The van der Waals surface area contributed by atoms with Crippen LogP contribution in [-0.2, 0) is 4.74 Å². The summed E-state index contributed by atoms with van der Waals surface area (Å²) in [5.74, 6) is 0. The Kier molecular flexibility index (Phi) is 4.22. The van der Waals surface area contributed by atoms with Gasteiger partial charge in [0.05, 0.1) is 6.61 Å². The highest BCUT2D eigenvalue weighted by atomic mass is 16.5. The molecule has 94 valence electrons. The normalized spacial score (nSPS) is 33.9. The van der Waals surface area contributed by atoms with Crippen molar-refractivity contribution in [1.29, 1.82) is 0 Å². The highest BCUT2D eigenvalue weighted by Crippen LogP contribution is 2.26. The summed E-state index contributed by atoms with van der Waals surface area (Å²) in [6.07, 6.45) is 3.99. The highest BCUT2D eigenvalue weighted by molar-refractivity contribution is 4.92. The van der Waals surface area contributed by atoms with Crippen molar-refractivity contribution in [3.05, 3.63) is 0 Å². The molecule has 2 fully saturated rings. The predicted molar refractivity (Wildman–Crippen MR) is 66.7 cm³/mol. The zero-order chi connectivity index (χ0) is 11.5. The molecular formula is C13H26N2O. The zero-order valence-electron chi connectivity index (χ0n) is 11.0. The molecule has 2 aliphatic rings. The second kappa shape index (κ2) is 5.48. The molecule has 0 aromatic heterocycles. The lowest BCUT2D eigenvalue weighted by Gasteiger charge is -2.45. The van der Waals surface area contributed by atoms with Crippen molar-refractivity contribution < 1.29 is 4.74 Å². The van der Waals surface area contributed by atoms with Gasteiger partial charge in [-0.05, 0) is 32.7 Å². The van der Waals surface area contributed by atoms with E-state index in [1.54, 1.807) is 0 Å². The minimum Gasteiger partial charge on any atom is -0.383 e. The minimum absolute atomic E-state index is 0.614. The van der Waals surface area contributed by atoms with E-state index in [1.165, 1.54) is 38.9 Å². The predicted octanol–water partition coefficient (Wildman–Crippen LogP) is 1.58. The van der Waals surface area contributed by atoms with E-state index in [0.29, 0.717) is 12.1 Å². The second-order valence-electron chi connectivity index (χ2n) is 5.35. The van der Waals surface area contributed by atoms with Crippen LogP contribution in [0.25, 0.3) is 0 Å². The lowest BCUT2D eigenvalue weighted by atomic mass is 10.0. The van der Waals surface area contributed by atoms with Crippen LogP contribution in [-0.4, -0.2) is 61.3 Å². The summed E-state index contributed by atoms with van der Waals surface area (Å²) in [4.78, 5) is 5.36. The number of fused-ring (bicyclic) bond motifs is 1. The molecule has 0 aliphatic carbocycles. The van der Waals surface area contributed by atoms with Crippen molar-refractivity contribution in [3.63, 3.8) is 0 Å². The second-order valence-corrected chi connectivity index (χ2v) is 5.35. The van der Waals surface area contributed by atoms with Gasteiger partial charge >= 0.3 is 0 Å². The molecule has 0 amide bonds. The van der Waals surface area contributed by atoms with Crippen molar-refractivity contribution >= 4 is 0 Å². The number of hydrogen-bond donors (Lipinski definition) is 0. The molecule has 2 aliphatic heterocycles. The van der Waals surface area contributed by atoms with E-state index in [9.17, 15) is 0 Å². The summed E-state index contributed by atoms with van der Waals surface area (Å²) in [5, 5.41) is 0. The number of nitrogens with zero attached hydrogens (tertiary/aromatic N) is 2. The summed E-state index contributed by atoms with van der Waals surface area (Å²) < 4.78 is 5.35. The molecule has 0 aromatic rings. The molecule has 2 rings (SSSR count). The molecule has 2 saturated heterocycles. The Bertz CT molecular complexity index is 222. The fraction of sp³-hybridized carbons (Fsp3) is 1.00. The SMILES string of the molecule is CCC(COC)N1CC2CCCN2CC1C. The van der Waals surface area contributed by atoms with Gasteiger partial charge in [0.1, 0.15) is 0 Å². The standard InChI is InChI=1S/C13H26N2O/c1-4-12(10-16-3)15-9-13-6-5-7-14(13)8-11(15)2/h11-13H,4-10H2,1-3H3. The van der Waals surface area contributed by atoms with E-state index in [-0.39, 0.29) is 0 Å². The fourth-order valence-corrected chi connectivity index (χ4v) is 3.36. The lowest BCUT2D eigenvalue weighted by molar-refractivity contribution is -0.00111.